The first-order chi connectivity index (χ1) is 9.94. The third-order valence-electron chi connectivity index (χ3n) is 2.48. The van der Waals surface area contributed by atoms with Gasteiger partial charge in [0.15, 0.2) is 0 Å². The number of rotatable bonds is 5. The molecule has 8 heteroatoms. The first-order valence-electron chi connectivity index (χ1n) is 5.99. The number of ether oxygens (including phenoxy) is 1. The Morgan fingerprint density at radius 2 is 2.05 bits per heavy atom. The monoisotopic (exact) mass is 434 g/mol. The maximum atomic E-state index is 12.5. The number of sulfonamides is 1. The van der Waals surface area contributed by atoms with Crippen molar-refractivity contribution < 1.29 is 13.2 Å². The second kappa shape index (κ2) is 6.76. The molecule has 0 bridgehead atoms. The van der Waals surface area contributed by atoms with Gasteiger partial charge in [0.1, 0.15) is 10.6 Å². The standard InChI is InChI=1S/C13H12Br2N2O3S/c1-2-20-13-11(4-3-7-16-13)17-21(18,19)12-6-5-9(14)8-10(12)15/h3-8,17H,2H2,1H3. The van der Waals surface area contributed by atoms with E-state index in [9.17, 15) is 8.42 Å². The normalized spacial score (nSPS) is 11.2. The van der Waals surface area contributed by atoms with Crippen LogP contribution < -0.4 is 9.46 Å². The van der Waals surface area contributed by atoms with E-state index in [1.807, 2.05) is 0 Å². The van der Waals surface area contributed by atoms with Gasteiger partial charge in [0, 0.05) is 15.1 Å². The Balaban J connectivity index is 2.38. The second-order valence-corrected chi connectivity index (χ2v) is 7.39. The molecule has 0 atom stereocenters. The zero-order valence-electron chi connectivity index (χ0n) is 11.0. The van der Waals surface area contributed by atoms with E-state index in [0.717, 1.165) is 4.47 Å². The zero-order chi connectivity index (χ0) is 15.5. The largest absolute Gasteiger partial charge is 0.476 e. The molecule has 1 heterocycles. The van der Waals surface area contributed by atoms with E-state index in [-0.39, 0.29) is 10.8 Å². The van der Waals surface area contributed by atoms with Crippen molar-refractivity contribution in [2.45, 2.75) is 11.8 Å². The Kier molecular flexibility index (Phi) is 5.23. The van der Waals surface area contributed by atoms with Gasteiger partial charge in [0.2, 0.25) is 5.88 Å². The summed E-state index contributed by atoms with van der Waals surface area (Å²) in [5.74, 6) is 0.247. The molecule has 1 aromatic heterocycles. The van der Waals surface area contributed by atoms with Gasteiger partial charge < -0.3 is 4.74 Å². The molecule has 21 heavy (non-hydrogen) atoms. The third-order valence-corrected chi connectivity index (χ3v) is 5.32. The number of hydrogen-bond acceptors (Lipinski definition) is 4. The molecular weight excluding hydrogens is 424 g/mol. The van der Waals surface area contributed by atoms with Crippen molar-refractivity contribution in [2.75, 3.05) is 11.3 Å². The smallest absolute Gasteiger partial charge is 0.263 e. The summed E-state index contributed by atoms with van der Waals surface area (Å²) < 4.78 is 33.9. The summed E-state index contributed by atoms with van der Waals surface area (Å²) in [6.07, 6.45) is 1.54. The lowest BCUT2D eigenvalue weighted by atomic mass is 10.4. The lowest BCUT2D eigenvalue weighted by molar-refractivity contribution is 0.329. The summed E-state index contributed by atoms with van der Waals surface area (Å²) in [6, 6.07) is 8.07. The Bertz CT molecular complexity index is 751. The zero-order valence-corrected chi connectivity index (χ0v) is 15.0. The van der Waals surface area contributed by atoms with Crippen LogP contribution in [0.15, 0.2) is 50.4 Å². The van der Waals surface area contributed by atoms with Crippen molar-refractivity contribution in [1.82, 2.24) is 4.98 Å². The minimum Gasteiger partial charge on any atom is -0.476 e. The van der Waals surface area contributed by atoms with Crippen molar-refractivity contribution >= 4 is 47.6 Å². The molecule has 1 aromatic carbocycles. The van der Waals surface area contributed by atoms with Gasteiger partial charge in [-0.05, 0) is 53.2 Å². The van der Waals surface area contributed by atoms with Gasteiger partial charge in [0.05, 0.1) is 6.61 Å². The molecule has 0 aliphatic heterocycles. The Hall–Kier alpha value is -1.12. The molecule has 0 radical (unpaired) electrons. The molecule has 2 aromatic rings. The molecule has 112 valence electrons. The molecule has 1 N–H and O–H groups in total. The predicted molar refractivity (Wildman–Crippen MR) is 88.1 cm³/mol. The van der Waals surface area contributed by atoms with Crippen LogP contribution in [0.5, 0.6) is 5.88 Å². The maximum absolute atomic E-state index is 12.5. The highest BCUT2D eigenvalue weighted by Gasteiger charge is 2.20. The molecule has 2 rings (SSSR count). The van der Waals surface area contributed by atoms with Crippen LogP contribution >= 0.6 is 31.9 Å². The molecule has 0 saturated carbocycles. The topological polar surface area (TPSA) is 68.3 Å². The van der Waals surface area contributed by atoms with E-state index < -0.39 is 10.0 Å². The van der Waals surface area contributed by atoms with Crippen LogP contribution in [0.2, 0.25) is 0 Å². The predicted octanol–water partition coefficient (Wildman–Crippen LogP) is 3.81. The highest BCUT2D eigenvalue weighted by atomic mass is 79.9. The van der Waals surface area contributed by atoms with E-state index in [1.165, 1.54) is 6.07 Å². The number of aromatic nitrogens is 1. The van der Waals surface area contributed by atoms with Gasteiger partial charge in [-0.15, -0.1) is 0 Å². The van der Waals surface area contributed by atoms with Crippen molar-refractivity contribution in [3.63, 3.8) is 0 Å². The molecular formula is C13H12Br2N2O3S. The molecule has 0 aliphatic rings. The summed E-state index contributed by atoms with van der Waals surface area (Å²) in [5.41, 5.74) is 0.300. The van der Waals surface area contributed by atoms with Gasteiger partial charge in [-0.1, -0.05) is 15.9 Å². The first kappa shape index (κ1) is 16.3. The summed E-state index contributed by atoms with van der Waals surface area (Å²) >= 11 is 6.54. The minimum atomic E-state index is -3.74. The average Bonchev–Trinajstić information content (AvgIpc) is 2.40. The maximum Gasteiger partial charge on any atom is 0.263 e. The van der Waals surface area contributed by atoms with Crippen LogP contribution in [0.3, 0.4) is 0 Å². The molecule has 0 saturated heterocycles. The summed E-state index contributed by atoms with van der Waals surface area (Å²) in [6.45, 7) is 2.20. The number of anilines is 1. The Labute approximate surface area is 140 Å². The summed E-state index contributed by atoms with van der Waals surface area (Å²) in [5, 5.41) is 0. The highest BCUT2D eigenvalue weighted by molar-refractivity contribution is 9.11. The molecule has 0 fully saturated rings. The molecule has 0 spiro atoms. The fourth-order valence-corrected chi connectivity index (χ4v) is 4.42. The molecule has 0 amide bonds. The number of hydrogen-bond donors (Lipinski definition) is 1. The minimum absolute atomic E-state index is 0.136. The van der Waals surface area contributed by atoms with E-state index in [0.29, 0.717) is 16.8 Å². The summed E-state index contributed by atoms with van der Waals surface area (Å²) in [7, 11) is -3.74. The van der Waals surface area contributed by atoms with Crippen molar-refractivity contribution in [2.24, 2.45) is 0 Å². The third kappa shape index (κ3) is 3.96. The van der Waals surface area contributed by atoms with Crippen LogP contribution in [0.25, 0.3) is 0 Å². The lowest BCUT2D eigenvalue weighted by Crippen LogP contribution is -2.15. The Morgan fingerprint density at radius 3 is 2.71 bits per heavy atom. The van der Waals surface area contributed by atoms with E-state index >= 15 is 0 Å². The van der Waals surface area contributed by atoms with Crippen LogP contribution in [0.1, 0.15) is 6.92 Å². The van der Waals surface area contributed by atoms with Gasteiger partial charge in [0.25, 0.3) is 10.0 Å². The summed E-state index contributed by atoms with van der Waals surface area (Å²) in [4.78, 5) is 4.15. The van der Waals surface area contributed by atoms with Gasteiger partial charge in [-0.3, -0.25) is 4.72 Å². The van der Waals surface area contributed by atoms with Gasteiger partial charge in [-0.25, -0.2) is 13.4 Å². The number of nitrogens with one attached hydrogen (secondary N) is 1. The number of halogens is 2. The average molecular weight is 436 g/mol. The van der Waals surface area contributed by atoms with Crippen LogP contribution in [0.4, 0.5) is 5.69 Å². The van der Waals surface area contributed by atoms with Crippen LogP contribution in [-0.2, 0) is 10.0 Å². The molecule has 0 unspecified atom stereocenters. The number of nitrogens with zero attached hydrogens (tertiary/aromatic N) is 1. The number of benzene rings is 1. The molecule has 0 aliphatic carbocycles. The van der Waals surface area contributed by atoms with E-state index in [2.05, 4.69) is 41.6 Å². The molecule has 5 nitrogen and oxygen atoms in total. The second-order valence-electron chi connectivity index (χ2n) is 3.97. The van der Waals surface area contributed by atoms with Gasteiger partial charge in [-0.2, -0.15) is 0 Å². The SMILES string of the molecule is CCOc1ncccc1NS(=O)(=O)c1ccc(Br)cc1Br. The van der Waals surface area contributed by atoms with Crippen LogP contribution in [0, 0.1) is 0 Å². The van der Waals surface area contributed by atoms with Crippen molar-refractivity contribution in [3.05, 3.63) is 45.5 Å². The fraction of sp³-hybridized carbons (Fsp3) is 0.154. The highest BCUT2D eigenvalue weighted by Crippen LogP contribution is 2.29. The van der Waals surface area contributed by atoms with Crippen molar-refractivity contribution in [1.29, 1.82) is 0 Å². The first-order valence-corrected chi connectivity index (χ1v) is 9.06. The lowest BCUT2D eigenvalue weighted by Gasteiger charge is -2.12. The van der Waals surface area contributed by atoms with Crippen LogP contribution in [-0.4, -0.2) is 20.0 Å². The quantitative estimate of drug-likeness (QED) is 0.775. The fourth-order valence-electron chi connectivity index (χ4n) is 1.61. The van der Waals surface area contributed by atoms with Crippen molar-refractivity contribution in [3.8, 4) is 5.88 Å². The van der Waals surface area contributed by atoms with E-state index in [4.69, 9.17) is 4.74 Å². The number of pyridine rings is 1. The van der Waals surface area contributed by atoms with Gasteiger partial charge >= 0.3 is 0 Å². The Morgan fingerprint density at radius 1 is 1.29 bits per heavy atom. The van der Waals surface area contributed by atoms with E-state index in [1.54, 1.807) is 37.4 Å².